The van der Waals surface area contributed by atoms with Gasteiger partial charge in [-0.1, -0.05) is 26.8 Å². The maximum atomic E-state index is 13.5. The second kappa shape index (κ2) is 6.31. The van der Waals surface area contributed by atoms with Crippen LogP contribution < -0.4 is 5.73 Å². The normalized spacial score (nSPS) is 13.2. The van der Waals surface area contributed by atoms with Crippen LogP contribution in [-0.4, -0.2) is 23.9 Å². The van der Waals surface area contributed by atoms with E-state index in [1.807, 2.05) is 20.8 Å². The molecule has 20 heavy (non-hydrogen) atoms. The molecule has 0 aliphatic heterocycles. The van der Waals surface area contributed by atoms with Crippen LogP contribution in [0.4, 0.5) is 8.78 Å². The molecule has 2 N–H and O–H groups in total. The first-order valence-corrected chi connectivity index (χ1v) is 6.54. The highest BCUT2D eigenvalue weighted by atomic mass is 19.1. The van der Waals surface area contributed by atoms with Crippen LogP contribution in [0.2, 0.25) is 0 Å². The van der Waals surface area contributed by atoms with E-state index in [1.54, 1.807) is 7.05 Å². The van der Waals surface area contributed by atoms with Crippen LogP contribution in [0, 0.1) is 17.0 Å². The van der Waals surface area contributed by atoms with Gasteiger partial charge < -0.3 is 10.6 Å². The van der Waals surface area contributed by atoms with E-state index in [-0.39, 0.29) is 35.9 Å². The molecule has 1 amide bonds. The molecule has 0 fully saturated rings. The van der Waals surface area contributed by atoms with Crippen molar-refractivity contribution < 1.29 is 13.6 Å². The quantitative estimate of drug-likeness (QED) is 0.924. The lowest BCUT2D eigenvalue weighted by molar-refractivity contribution is -0.131. The summed E-state index contributed by atoms with van der Waals surface area (Å²) in [5.74, 6) is -1.43. The molecule has 1 atom stereocenters. The topological polar surface area (TPSA) is 46.3 Å². The minimum atomic E-state index is -0.648. The molecule has 0 aliphatic carbocycles. The third kappa shape index (κ3) is 4.56. The highest BCUT2D eigenvalue weighted by Gasteiger charge is 2.24. The van der Waals surface area contributed by atoms with Crippen molar-refractivity contribution in [3.05, 3.63) is 35.4 Å². The van der Waals surface area contributed by atoms with Gasteiger partial charge in [0.25, 0.3) is 0 Å². The van der Waals surface area contributed by atoms with Gasteiger partial charge in [-0.15, -0.1) is 0 Å². The molecule has 1 aromatic carbocycles. The van der Waals surface area contributed by atoms with E-state index in [0.717, 1.165) is 6.07 Å². The average Bonchev–Trinajstić information content (AvgIpc) is 2.31. The first-order chi connectivity index (χ1) is 9.11. The molecule has 0 bridgehead atoms. The van der Waals surface area contributed by atoms with Gasteiger partial charge >= 0.3 is 0 Å². The molecular formula is C15H22F2N2O. The minimum absolute atomic E-state index is 0.0990. The van der Waals surface area contributed by atoms with Crippen molar-refractivity contribution >= 4 is 5.91 Å². The molecule has 0 saturated heterocycles. The fourth-order valence-corrected chi connectivity index (χ4v) is 1.64. The fraction of sp³-hybridized carbons (Fsp3) is 0.533. The summed E-state index contributed by atoms with van der Waals surface area (Å²) in [5, 5.41) is 0. The molecular weight excluding hydrogens is 262 g/mol. The van der Waals surface area contributed by atoms with Crippen LogP contribution in [0.25, 0.3) is 0 Å². The lowest BCUT2D eigenvalue weighted by atomic mass is 9.85. The summed E-state index contributed by atoms with van der Waals surface area (Å²) in [7, 11) is 1.58. The number of hydrogen-bond acceptors (Lipinski definition) is 2. The van der Waals surface area contributed by atoms with E-state index < -0.39 is 11.6 Å². The molecule has 1 rings (SSSR count). The van der Waals surface area contributed by atoms with Crippen LogP contribution in [-0.2, 0) is 11.3 Å². The summed E-state index contributed by atoms with van der Waals surface area (Å²) in [6, 6.07) is 3.07. The zero-order chi connectivity index (χ0) is 15.5. The van der Waals surface area contributed by atoms with Crippen molar-refractivity contribution in [3.8, 4) is 0 Å². The Morgan fingerprint density at radius 3 is 2.45 bits per heavy atom. The summed E-state index contributed by atoms with van der Waals surface area (Å²) in [4.78, 5) is 13.4. The lowest BCUT2D eigenvalue weighted by Crippen LogP contribution is -2.40. The van der Waals surface area contributed by atoms with Gasteiger partial charge in [-0.05, 0) is 11.5 Å². The molecule has 112 valence electrons. The van der Waals surface area contributed by atoms with Crippen LogP contribution in [0.1, 0.15) is 32.8 Å². The molecule has 1 unspecified atom stereocenters. The van der Waals surface area contributed by atoms with E-state index in [1.165, 1.54) is 17.0 Å². The summed E-state index contributed by atoms with van der Waals surface area (Å²) in [6.07, 6.45) is 0.197. The van der Waals surface area contributed by atoms with E-state index >= 15 is 0 Å². The number of nitrogens with two attached hydrogens (primary N) is 1. The number of carbonyl (C=O) groups is 1. The predicted octanol–water partition coefficient (Wildman–Crippen LogP) is 2.69. The Labute approximate surface area is 118 Å². The Bertz CT molecular complexity index is 483. The minimum Gasteiger partial charge on any atom is -0.341 e. The van der Waals surface area contributed by atoms with Crippen LogP contribution in [0.15, 0.2) is 18.2 Å². The van der Waals surface area contributed by atoms with Crippen LogP contribution in [0.3, 0.4) is 0 Å². The third-order valence-corrected chi connectivity index (χ3v) is 3.36. The van der Waals surface area contributed by atoms with Gasteiger partial charge in [-0.25, -0.2) is 8.78 Å². The maximum Gasteiger partial charge on any atom is 0.224 e. The van der Waals surface area contributed by atoms with Crippen molar-refractivity contribution in [2.24, 2.45) is 11.1 Å². The Morgan fingerprint density at radius 1 is 1.35 bits per heavy atom. The molecule has 3 nitrogen and oxygen atoms in total. The second-order valence-electron chi connectivity index (χ2n) is 6.16. The van der Waals surface area contributed by atoms with Crippen molar-refractivity contribution in [1.82, 2.24) is 4.90 Å². The Kier molecular flexibility index (Phi) is 5.22. The lowest BCUT2D eigenvalue weighted by Gasteiger charge is -2.28. The van der Waals surface area contributed by atoms with E-state index in [2.05, 4.69) is 0 Å². The number of amides is 1. The van der Waals surface area contributed by atoms with E-state index in [4.69, 9.17) is 5.73 Å². The van der Waals surface area contributed by atoms with Crippen molar-refractivity contribution in [2.75, 3.05) is 7.05 Å². The van der Waals surface area contributed by atoms with E-state index in [9.17, 15) is 13.6 Å². The van der Waals surface area contributed by atoms with Crippen molar-refractivity contribution in [3.63, 3.8) is 0 Å². The van der Waals surface area contributed by atoms with Crippen molar-refractivity contribution in [2.45, 2.75) is 39.8 Å². The molecule has 0 spiro atoms. The van der Waals surface area contributed by atoms with Gasteiger partial charge in [-0.2, -0.15) is 0 Å². The van der Waals surface area contributed by atoms with Gasteiger partial charge in [0.2, 0.25) is 5.91 Å². The number of rotatable bonds is 4. The molecule has 0 heterocycles. The summed E-state index contributed by atoms with van der Waals surface area (Å²) >= 11 is 0. The number of halogens is 2. The van der Waals surface area contributed by atoms with Crippen LogP contribution in [0.5, 0.6) is 0 Å². The Balaban J connectivity index is 2.66. The first-order valence-electron chi connectivity index (χ1n) is 6.54. The molecule has 0 radical (unpaired) electrons. The molecule has 5 heteroatoms. The fourth-order valence-electron chi connectivity index (χ4n) is 1.64. The monoisotopic (exact) mass is 284 g/mol. The largest absolute Gasteiger partial charge is 0.341 e. The zero-order valence-corrected chi connectivity index (χ0v) is 12.4. The summed E-state index contributed by atoms with van der Waals surface area (Å²) < 4.78 is 26.3. The summed E-state index contributed by atoms with van der Waals surface area (Å²) in [6.45, 7) is 5.99. The summed E-state index contributed by atoms with van der Waals surface area (Å²) in [5.41, 5.74) is 6.08. The van der Waals surface area contributed by atoms with Gasteiger partial charge in [0.05, 0.1) is 0 Å². The molecule has 0 saturated carbocycles. The Morgan fingerprint density at radius 2 is 1.95 bits per heavy atom. The predicted molar refractivity (Wildman–Crippen MR) is 74.9 cm³/mol. The van der Waals surface area contributed by atoms with Crippen LogP contribution >= 0.6 is 0 Å². The molecule has 1 aromatic rings. The third-order valence-electron chi connectivity index (χ3n) is 3.36. The average molecular weight is 284 g/mol. The first kappa shape index (κ1) is 16.6. The van der Waals surface area contributed by atoms with Crippen molar-refractivity contribution in [1.29, 1.82) is 0 Å². The van der Waals surface area contributed by atoms with Gasteiger partial charge in [0.1, 0.15) is 11.6 Å². The molecule has 0 aliphatic rings. The Hall–Kier alpha value is -1.49. The maximum absolute atomic E-state index is 13.5. The number of carbonyl (C=O) groups excluding carboxylic acids is 1. The van der Waals surface area contributed by atoms with Gasteiger partial charge in [-0.3, -0.25) is 4.79 Å². The van der Waals surface area contributed by atoms with Gasteiger partial charge in [0.15, 0.2) is 0 Å². The number of hydrogen-bond donors (Lipinski definition) is 1. The highest BCUT2D eigenvalue weighted by molar-refractivity contribution is 5.76. The highest BCUT2D eigenvalue weighted by Crippen LogP contribution is 2.20. The smallest absolute Gasteiger partial charge is 0.224 e. The standard InChI is InChI=1S/C15H22F2N2O/c1-15(2,3)13(18)8-14(20)19(4)9-10-5-6-11(16)7-12(10)17/h5-7,13H,8-9,18H2,1-4H3. The van der Waals surface area contributed by atoms with Gasteiger partial charge in [0, 0.05) is 37.7 Å². The molecule has 0 aromatic heterocycles. The zero-order valence-electron chi connectivity index (χ0n) is 12.4. The number of nitrogens with zero attached hydrogens (tertiary/aromatic N) is 1. The second-order valence-corrected chi connectivity index (χ2v) is 6.16. The number of benzene rings is 1. The van der Waals surface area contributed by atoms with E-state index in [0.29, 0.717) is 0 Å². The SMILES string of the molecule is CN(Cc1ccc(F)cc1F)C(=O)CC(N)C(C)(C)C.